The zero-order chi connectivity index (χ0) is 23.0. The van der Waals surface area contributed by atoms with Gasteiger partial charge in [-0.1, -0.05) is 35.5 Å². The van der Waals surface area contributed by atoms with Gasteiger partial charge in [0.15, 0.2) is 12.3 Å². The predicted octanol–water partition coefficient (Wildman–Crippen LogP) is 3.28. The van der Waals surface area contributed by atoms with Crippen LogP contribution in [-0.4, -0.2) is 33.7 Å². The van der Waals surface area contributed by atoms with Gasteiger partial charge >= 0.3 is 5.95 Å². The Bertz CT molecular complexity index is 1160. The molecule has 0 bridgehead atoms. The van der Waals surface area contributed by atoms with Gasteiger partial charge in [0.25, 0.3) is 5.65 Å². The van der Waals surface area contributed by atoms with Crippen LogP contribution in [0.15, 0.2) is 24.3 Å². The maximum Gasteiger partial charge on any atom is 0.401 e. The first-order valence-electron chi connectivity index (χ1n) is 11.2. The van der Waals surface area contributed by atoms with Crippen molar-refractivity contribution in [3.05, 3.63) is 41.0 Å². The van der Waals surface area contributed by atoms with Crippen LogP contribution in [0.4, 0.5) is 5.95 Å². The van der Waals surface area contributed by atoms with Crippen molar-refractivity contribution in [2.24, 2.45) is 5.92 Å². The predicted molar refractivity (Wildman–Crippen MR) is 121 cm³/mol. The smallest absolute Gasteiger partial charge is 0.401 e. The number of hydrogen-bond donors (Lipinski definition) is 1. The first-order chi connectivity index (χ1) is 15.2. The number of Topliss-reactive ketones (excluding diaryl/α,β-unsaturated/α-hetero) is 1. The van der Waals surface area contributed by atoms with E-state index < -0.39 is 0 Å². The number of ketones is 1. The molecule has 0 unspecified atom stereocenters. The maximum absolute atomic E-state index is 13.3. The highest BCUT2D eigenvalue weighted by Crippen LogP contribution is 2.32. The summed E-state index contributed by atoms with van der Waals surface area (Å²) in [5.74, 6) is 2.03. The van der Waals surface area contributed by atoms with E-state index in [0.717, 1.165) is 16.9 Å². The van der Waals surface area contributed by atoms with Crippen molar-refractivity contribution in [2.45, 2.75) is 59.4 Å². The zero-order valence-electron chi connectivity index (χ0n) is 19.5. The van der Waals surface area contributed by atoms with Crippen LogP contribution in [0.1, 0.15) is 62.0 Å². The van der Waals surface area contributed by atoms with Crippen LogP contribution in [0.25, 0.3) is 5.65 Å². The van der Waals surface area contributed by atoms with Gasteiger partial charge in [-0.25, -0.2) is 0 Å². The van der Waals surface area contributed by atoms with Gasteiger partial charge in [0, 0.05) is 17.2 Å². The van der Waals surface area contributed by atoms with Crippen molar-refractivity contribution in [2.75, 3.05) is 18.9 Å². The molecule has 0 saturated heterocycles. The van der Waals surface area contributed by atoms with Crippen LogP contribution in [0.2, 0.25) is 0 Å². The minimum Gasteiger partial charge on any atom is -0.493 e. The third kappa shape index (κ3) is 4.69. The molecular weight excluding hydrogens is 406 g/mol. The molecule has 1 saturated carbocycles. The number of fused-ring (bicyclic) bond motifs is 1. The maximum atomic E-state index is 13.3. The molecule has 2 heterocycles. The molecule has 3 aromatic rings. The number of hydrogen-bond acceptors (Lipinski definition) is 6. The second-order valence-corrected chi connectivity index (χ2v) is 9.52. The van der Waals surface area contributed by atoms with Crippen LogP contribution < -0.4 is 19.9 Å². The molecule has 4 rings (SSSR count). The number of nitrogens with two attached hydrogens (primary N) is 1. The van der Waals surface area contributed by atoms with E-state index in [2.05, 4.69) is 31.0 Å². The highest BCUT2D eigenvalue weighted by molar-refractivity contribution is 5.95. The lowest BCUT2D eigenvalue weighted by Gasteiger charge is -2.21. The standard InChI is InChI=1S/C24H31N5O3/c1-6-31-21-9-15(2)22-27-28(23(25)29(22)26-21)13-20(30)17-10-18(24(3,4)5)12-19(11-17)32-14-16-7-8-16/h9-12,16,25H,6-8,13-14H2,1-5H3/p+1. The third-order valence-corrected chi connectivity index (χ3v) is 5.65. The second-order valence-electron chi connectivity index (χ2n) is 9.52. The number of carbonyl (C=O) groups is 1. The molecule has 0 radical (unpaired) electrons. The third-order valence-electron chi connectivity index (χ3n) is 5.65. The molecule has 170 valence electrons. The van der Waals surface area contributed by atoms with Crippen molar-refractivity contribution in [3.8, 4) is 11.6 Å². The van der Waals surface area contributed by atoms with E-state index in [9.17, 15) is 4.79 Å². The monoisotopic (exact) mass is 438 g/mol. The molecule has 1 aromatic carbocycles. The van der Waals surface area contributed by atoms with Crippen LogP contribution in [-0.2, 0) is 12.0 Å². The Kier molecular flexibility index (Phi) is 5.79. The first kappa shape index (κ1) is 22.0. The number of benzene rings is 1. The van der Waals surface area contributed by atoms with Crippen LogP contribution in [0.5, 0.6) is 11.6 Å². The Labute approximate surface area is 188 Å². The highest BCUT2D eigenvalue weighted by atomic mass is 16.5. The van der Waals surface area contributed by atoms with Crippen LogP contribution in [0.3, 0.4) is 0 Å². The molecule has 1 aliphatic carbocycles. The fourth-order valence-electron chi connectivity index (χ4n) is 3.48. The fourth-order valence-corrected chi connectivity index (χ4v) is 3.48. The summed E-state index contributed by atoms with van der Waals surface area (Å²) in [6.45, 7) is 11.4. The molecule has 0 amide bonds. The summed E-state index contributed by atoms with van der Waals surface area (Å²) < 4.78 is 14.5. The van der Waals surface area contributed by atoms with E-state index in [0.29, 0.717) is 36.2 Å². The average molecular weight is 439 g/mol. The van der Waals surface area contributed by atoms with E-state index in [1.807, 2.05) is 38.1 Å². The molecule has 1 fully saturated rings. The lowest BCUT2D eigenvalue weighted by molar-refractivity contribution is -0.723. The molecule has 32 heavy (non-hydrogen) atoms. The van der Waals surface area contributed by atoms with Gasteiger partial charge in [-0.05, 0) is 61.8 Å². The molecule has 8 nitrogen and oxygen atoms in total. The summed E-state index contributed by atoms with van der Waals surface area (Å²) in [7, 11) is 0. The van der Waals surface area contributed by atoms with E-state index >= 15 is 0 Å². The summed E-state index contributed by atoms with van der Waals surface area (Å²) in [5, 5.41) is 8.91. The summed E-state index contributed by atoms with van der Waals surface area (Å²) in [5.41, 5.74) is 9.28. The van der Waals surface area contributed by atoms with Gasteiger partial charge in [-0.2, -0.15) is 0 Å². The Hall–Kier alpha value is -3.16. The highest BCUT2D eigenvalue weighted by Gasteiger charge is 2.25. The first-order valence-corrected chi connectivity index (χ1v) is 11.2. The van der Waals surface area contributed by atoms with E-state index in [1.54, 1.807) is 0 Å². The summed E-state index contributed by atoms with van der Waals surface area (Å²) in [6, 6.07) is 7.61. The summed E-state index contributed by atoms with van der Waals surface area (Å²) in [4.78, 5) is 13.3. The van der Waals surface area contributed by atoms with Crippen LogP contribution in [0, 0.1) is 12.8 Å². The Morgan fingerprint density at radius 3 is 2.62 bits per heavy atom. The van der Waals surface area contributed by atoms with Crippen molar-refractivity contribution in [1.29, 1.82) is 0 Å². The Balaban J connectivity index is 1.64. The fraction of sp³-hybridized carbons (Fsp3) is 0.500. The number of aryl methyl sites for hydroxylation is 1. The Morgan fingerprint density at radius 1 is 1.22 bits per heavy atom. The van der Waals surface area contributed by atoms with Gasteiger partial charge in [0.1, 0.15) is 5.75 Å². The average Bonchev–Trinajstić information content (AvgIpc) is 3.51. The Morgan fingerprint density at radius 2 is 1.97 bits per heavy atom. The second kappa shape index (κ2) is 8.41. The normalized spacial score (nSPS) is 14.0. The van der Waals surface area contributed by atoms with Crippen LogP contribution >= 0.6 is 0 Å². The number of carbonyl (C=O) groups excluding carboxylic acids is 1. The zero-order valence-corrected chi connectivity index (χ0v) is 19.5. The minimum absolute atomic E-state index is 0.00820. The van der Waals surface area contributed by atoms with Gasteiger partial charge in [0.2, 0.25) is 5.88 Å². The van der Waals surface area contributed by atoms with Gasteiger partial charge in [-0.3, -0.25) is 10.5 Å². The van der Waals surface area contributed by atoms with Crippen molar-refractivity contribution in [1.82, 2.24) is 14.7 Å². The number of ether oxygens (including phenoxy) is 2. The van der Waals surface area contributed by atoms with Crippen molar-refractivity contribution < 1.29 is 19.0 Å². The lowest BCUT2D eigenvalue weighted by atomic mass is 9.85. The molecule has 1 aliphatic rings. The van der Waals surface area contributed by atoms with E-state index in [-0.39, 0.29) is 23.7 Å². The molecule has 8 heteroatoms. The topological polar surface area (TPSA) is 95.6 Å². The molecule has 0 spiro atoms. The number of rotatable bonds is 8. The molecule has 2 N–H and O–H groups in total. The van der Waals surface area contributed by atoms with Gasteiger partial charge in [-0.15, -0.1) is 4.68 Å². The van der Waals surface area contributed by atoms with Gasteiger partial charge < -0.3 is 9.47 Å². The quantitative estimate of drug-likeness (QED) is 0.428. The minimum atomic E-state index is -0.111. The van der Waals surface area contributed by atoms with Gasteiger partial charge in [0.05, 0.1) is 13.2 Å². The number of nitrogen functional groups attached to an aromatic ring is 1. The number of anilines is 1. The van der Waals surface area contributed by atoms with Crippen molar-refractivity contribution >= 4 is 17.4 Å². The van der Waals surface area contributed by atoms with E-state index in [4.69, 9.17) is 15.2 Å². The van der Waals surface area contributed by atoms with E-state index in [1.165, 1.54) is 22.0 Å². The lowest BCUT2D eigenvalue weighted by Crippen LogP contribution is -2.42. The summed E-state index contributed by atoms with van der Waals surface area (Å²) >= 11 is 0. The molecular formula is C24H32N5O3+. The SMILES string of the molecule is CCOc1cc(C)c2n[n+](CC(=O)c3cc(OCC4CC4)cc(C(C)(C)C)c3)c(N)n2n1. The molecule has 0 atom stereocenters. The molecule has 0 aliphatic heterocycles. The largest absolute Gasteiger partial charge is 0.493 e. The molecule has 2 aromatic heterocycles. The summed E-state index contributed by atoms with van der Waals surface area (Å²) in [6.07, 6.45) is 2.43. The number of aromatic nitrogens is 4. The van der Waals surface area contributed by atoms with Crippen molar-refractivity contribution in [3.63, 3.8) is 0 Å². The number of nitrogens with zero attached hydrogens (tertiary/aromatic N) is 4.